The summed E-state index contributed by atoms with van der Waals surface area (Å²) >= 11 is 0. The summed E-state index contributed by atoms with van der Waals surface area (Å²) in [5.41, 5.74) is 2.27. The molecule has 2 N–H and O–H groups in total. The van der Waals surface area contributed by atoms with Crippen LogP contribution in [0.2, 0.25) is 0 Å². The van der Waals surface area contributed by atoms with E-state index in [-0.39, 0.29) is 29.2 Å². The van der Waals surface area contributed by atoms with E-state index in [0.29, 0.717) is 24.9 Å². The number of aromatic hydroxyl groups is 1. The Morgan fingerprint density at radius 1 is 1.12 bits per heavy atom. The molecule has 1 fully saturated rings. The van der Waals surface area contributed by atoms with Crippen LogP contribution in [0.1, 0.15) is 27.9 Å². The molecular formula is C26H28N2O5. The van der Waals surface area contributed by atoms with Crippen molar-refractivity contribution in [3.8, 4) is 11.5 Å². The molecule has 0 bridgehead atoms. The molecule has 3 aromatic rings. The summed E-state index contributed by atoms with van der Waals surface area (Å²) < 4.78 is 10.3. The zero-order valence-electron chi connectivity index (χ0n) is 19.0. The number of nitrogens with one attached hydrogen (secondary N) is 1. The predicted octanol–water partition coefficient (Wildman–Crippen LogP) is 3.41. The van der Waals surface area contributed by atoms with Crippen LogP contribution in [-0.4, -0.2) is 54.7 Å². The van der Waals surface area contributed by atoms with Gasteiger partial charge in [-0.05, 0) is 42.0 Å². The molecule has 172 valence electrons. The average Bonchev–Trinajstić information content (AvgIpc) is 3.20. The minimum absolute atomic E-state index is 0.0429. The zero-order chi connectivity index (χ0) is 23.5. The van der Waals surface area contributed by atoms with Crippen LogP contribution in [-0.2, 0) is 16.1 Å². The molecule has 0 saturated carbocycles. The lowest BCUT2D eigenvalue weighted by atomic mass is 10.0. The van der Waals surface area contributed by atoms with Crippen LogP contribution in [0.4, 0.5) is 0 Å². The molecule has 1 aliphatic rings. The number of benzene rings is 3. The number of carbonyl (C=O) groups is 2. The van der Waals surface area contributed by atoms with Crippen molar-refractivity contribution >= 4 is 22.6 Å². The van der Waals surface area contributed by atoms with Gasteiger partial charge in [0.15, 0.2) is 0 Å². The van der Waals surface area contributed by atoms with Crippen molar-refractivity contribution in [3.05, 3.63) is 71.3 Å². The number of esters is 1. The number of ether oxygens (including phenoxy) is 2. The SMILES string of the molecule is COC(=O)[C@@H]1C[C@@H](NC(=O)c2ccc3ccccc3c2O)CN1Cc1ccc(OC)c(C)c1. The summed E-state index contributed by atoms with van der Waals surface area (Å²) in [7, 11) is 3.01. The third kappa shape index (κ3) is 4.64. The molecule has 0 aliphatic carbocycles. The summed E-state index contributed by atoms with van der Waals surface area (Å²) in [6, 6.07) is 16.0. The Labute approximate surface area is 192 Å². The van der Waals surface area contributed by atoms with Crippen LogP contribution in [0.25, 0.3) is 10.8 Å². The number of likely N-dealkylation sites (tertiary alicyclic amines) is 1. The van der Waals surface area contributed by atoms with Crippen molar-refractivity contribution in [2.45, 2.75) is 32.0 Å². The molecule has 1 heterocycles. The van der Waals surface area contributed by atoms with Crippen molar-refractivity contribution < 1.29 is 24.2 Å². The number of nitrogens with zero attached hydrogens (tertiary/aromatic N) is 1. The smallest absolute Gasteiger partial charge is 0.323 e. The van der Waals surface area contributed by atoms with E-state index in [9.17, 15) is 14.7 Å². The molecule has 0 spiro atoms. The third-order valence-corrected chi connectivity index (χ3v) is 6.20. The molecule has 4 rings (SSSR count). The van der Waals surface area contributed by atoms with E-state index in [4.69, 9.17) is 9.47 Å². The molecule has 2 atom stereocenters. The summed E-state index contributed by atoms with van der Waals surface area (Å²) in [6.07, 6.45) is 0.432. The topological polar surface area (TPSA) is 88.1 Å². The highest BCUT2D eigenvalue weighted by atomic mass is 16.5. The Kier molecular flexibility index (Phi) is 6.51. The first kappa shape index (κ1) is 22.6. The average molecular weight is 449 g/mol. The van der Waals surface area contributed by atoms with E-state index >= 15 is 0 Å². The maximum atomic E-state index is 13.0. The van der Waals surface area contributed by atoms with Crippen LogP contribution in [0.5, 0.6) is 11.5 Å². The van der Waals surface area contributed by atoms with Crippen LogP contribution < -0.4 is 10.1 Å². The molecule has 0 aromatic heterocycles. The first-order valence-corrected chi connectivity index (χ1v) is 10.9. The lowest BCUT2D eigenvalue weighted by Crippen LogP contribution is -2.37. The van der Waals surface area contributed by atoms with Gasteiger partial charge in [-0.2, -0.15) is 0 Å². The van der Waals surface area contributed by atoms with Gasteiger partial charge in [-0.25, -0.2) is 0 Å². The first-order valence-electron chi connectivity index (χ1n) is 10.9. The van der Waals surface area contributed by atoms with E-state index < -0.39 is 6.04 Å². The fourth-order valence-corrected chi connectivity index (χ4v) is 4.54. The van der Waals surface area contributed by atoms with Gasteiger partial charge in [-0.1, -0.05) is 42.5 Å². The van der Waals surface area contributed by atoms with Crippen LogP contribution in [0, 0.1) is 6.92 Å². The molecule has 7 heteroatoms. The summed E-state index contributed by atoms with van der Waals surface area (Å²) in [4.78, 5) is 27.4. The maximum absolute atomic E-state index is 13.0. The number of rotatable bonds is 6. The summed E-state index contributed by atoms with van der Waals surface area (Å²) in [5, 5.41) is 15.1. The van der Waals surface area contributed by atoms with E-state index in [1.165, 1.54) is 7.11 Å². The van der Waals surface area contributed by atoms with Crippen molar-refractivity contribution in [3.63, 3.8) is 0 Å². The number of hydrogen-bond donors (Lipinski definition) is 2. The number of aryl methyl sites for hydroxylation is 1. The summed E-state index contributed by atoms with van der Waals surface area (Å²) in [6.45, 7) is 3.01. The molecule has 33 heavy (non-hydrogen) atoms. The number of fused-ring (bicyclic) bond motifs is 1. The van der Waals surface area contributed by atoms with Crippen LogP contribution in [0.15, 0.2) is 54.6 Å². The second-order valence-electron chi connectivity index (χ2n) is 8.36. The normalized spacial score (nSPS) is 18.3. The molecular weight excluding hydrogens is 420 g/mol. The second kappa shape index (κ2) is 9.50. The highest BCUT2D eigenvalue weighted by Crippen LogP contribution is 2.29. The number of carbonyl (C=O) groups excluding carboxylic acids is 2. The largest absolute Gasteiger partial charge is 0.506 e. The Hall–Kier alpha value is -3.58. The quantitative estimate of drug-likeness (QED) is 0.562. The van der Waals surface area contributed by atoms with E-state index in [2.05, 4.69) is 5.32 Å². The summed E-state index contributed by atoms with van der Waals surface area (Å²) in [5.74, 6) is 0.0725. The van der Waals surface area contributed by atoms with Crippen LogP contribution >= 0.6 is 0 Å². The molecule has 3 aromatic carbocycles. The number of amides is 1. The Morgan fingerprint density at radius 3 is 2.64 bits per heavy atom. The lowest BCUT2D eigenvalue weighted by Gasteiger charge is -2.22. The monoisotopic (exact) mass is 448 g/mol. The van der Waals surface area contributed by atoms with Gasteiger partial charge in [0.1, 0.15) is 17.5 Å². The van der Waals surface area contributed by atoms with Gasteiger partial charge < -0.3 is 19.9 Å². The van der Waals surface area contributed by atoms with Crippen molar-refractivity contribution in [2.24, 2.45) is 0 Å². The van der Waals surface area contributed by atoms with E-state index in [0.717, 1.165) is 22.3 Å². The van der Waals surface area contributed by atoms with Crippen molar-refractivity contribution in [1.29, 1.82) is 0 Å². The fraction of sp³-hybridized carbons (Fsp3) is 0.308. The second-order valence-corrected chi connectivity index (χ2v) is 8.36. The van der Waals surface area contributed by atoms with Gasteiger partial charge in [0.2, 0.25) is 0 Å². The molecule has 1 aliphatic heterocycles. The van der Waals surface area contributed by atoms with Gasteiger partial charge in [0, 0.05) is 24.5 Å². The molecule has 0 radical (unpaired) electrons. The number of hydrogen-bond acceptors (Lipinski definition) is 6. The Balaban J connectivity index is 1.51. The molecule has 1 amide bonds. The Morgan fingerprint density at radius 2 is 1.91 bits per heavy atom. The maximum Gasteiger partial charge on any atom is 0.323 e. The van der Waals surface area contributed by atoms with Crippen molar-refractivity contribution in [2.75, 3.05) is 20.8 Å². The van der Waals surface area contributed by atoms with Gasteiger partial charge in [-0.3, -0.25) is 14.5 Å². The predicted molar refractivity (Wildman–Crippen MR) is 125 cm³/mol. The van der Waals surface area contributed by atoms with Gasteiger partial charge in [0.05, 0.1) is 19.8 Å². The molecule has 7 nitrogen and oxygen atoms in total. The van der Waals surface area contributed by atoms with Gasteiger partial charge in [0.25, 0.3) is 5.91 Å². The van der Waals surface area contributed by atoms with Gasteiger partial charge in [-0.15, -0.1) is 0 Å². The third-order valence-electron chi connectivity index (χ3n) is 6.20. The number of phenolic OH excluding ortho intramolecular Hbond substituents is 1. The van der Waals surface area contributed by atoms with Crippen molar-refractivity contribution in [1.82, 2.24) is 10.2 Å². The Bertz CT molecular complexity index is 1190. The number of phenols is 1. The van der Waals surface area contributed by atoms with E-state index in [1.54, 1.807) is 19.2 Å². The van der Waals surface area contributed by atoms with Crippen LogP contribution in [0.3, 0.4) is 0 Å². The fourth-order valence-electron chi connectivity index (χ4n) is 4.54. The van der Waals surface area contributed by atoms with Gasteiger partial charge >= 0.3 is 5.97 Å². The zero-order valence-corrected chi connectivity index (χ0v) is 19.0. The molecule has 0 unspecified atom stereocenters. The minimum Gasteiger partial charge on any atom is -0.506 e. The highest BCUT2D eigenvalue weighted by Gasteiger charge is 2.38. The lowest BCUT2D eigenvalue weighted by molar-refractivity contribution is -0.146. The first-order chi connectivity index (χ1) is 15.9. The molecule has 1 saturated heterocycles. The standard InChI is InChI=1S/C26H28N2O5/c1-16-12-17(8-11-23(16)32-2)14-28-15-19(13-22(28)26(31)33-3)27-25(30)21-10-9-18-6-4-5-7-20(18)24(21)29/h4-12,19,22,29H,13-15H2,1-3H3,(H,27,30)/t19-,22+/m1/s1. The minimum atomic E-state index is -0.465. The van der Waals surface area contributed by atoms with E-state index in [1.807, 2.05) is 54.3 Å². The highest BCUT2D eigenvalue weighted by molar-refractivity contribution is 6.03. The number of methoxy groups -OCH3 is 2.